The Balaban J connectivity index is 2.63. The maximum atomic E-state index is 5.95. The summed E-state index contributed by atoms with van der Waals surface area (Å²) in [5, 5.41) is 11.9. The molecule has 0 bridgehead atoms. The Bertz CT molecular complexity index is 468. The van der Waals surface area contributed by atoms with Crippen LogP contribution in [0.25, 0.3) is 5.69 Å². The first-order valence-corrected chi connectivity index (χ1v) is 5.06. The van der Waals surface area contributed by atoms with Crippen molar-refractivity contribution >= 4 is 27.5 Å². The van der Waals surface area contributed by atoms with Crippen LogP contribution in [0.4, 0.5) is 0 Å². The normalized spacial score (nSPS) is 10.5. The molecule has 0 radical (unpaired) electrons. The zero-order valence-corrected chi connectivity index (χ0v) is 9.62. The molecule has 0 aliphatic rings. The van der Waals surface area contributed by atoms with Crippen molar-refractivity contribution in [2.45, 2.75) is 6.92 Å². The summed E-state index contributed by atoms with van der Waals surface area (Å²) in [4.78, 5) is 0. The Morgan fingerprint density at radius 3 is 2.86 bits per heavy atom. The Labute approximate surface area is 94.0 Å². The van der Waals surface area contributed by atoms with Crippen LogP contribution in [-0.2, 0) is 0 Å². The topological polar surface area (TPSA) is 43.6 Å². The Kier molecular flexibility index (Phi) is 2.52. The van der Waals surface area contributed by atoms with E-state index in [1.807, 2.05) is 19.1 Å². The predicted octanol–water partition coefficient (Wildman–Crippen LogP) is 2.39. The molecule has 0 saturated heterocycles. The highest BCUT2D eigenvalue weighted by molar-refractivity contribution is 9.10. The zero-order chi connectivity index (χ0) is 10.1. The number of hydrogen-bond acceptors (Lipinski definition) is 3. The third-order valence-electron chi connectivity index (χ3n) is 1.78. The highest BCUT2D eigenvalue weighted by Gasteiger charge is 2.09. The van der Waals surface area contributed by atoms with Crippen LogP contribution in [0.3, 0.4) is 0 Å². The maximum absolute atomic E-state index is 5.95. The number of aryl methyl sites for hydroxylation is 1. The number of aromatic nitrogens is 4. The molecule has 0 aliphatic heterocycles. The largest absolute Gasteiger partial charge is 0.196 e. The van der Waals surface area contributed by atoms with Crippen LogP contribution in [0.2, 0.25) is 5.02 Å². The first-order chi connectivity index (χ1) is 6.70. The maximum Gasteiger partial charge on any atom is 0.153 e. The molecule has 0 unspecified atom stereocenters. The minimum absolute atomic E-state index is 0.636. The lowest BCUT2D eigenvalue weighted by molar-refractivity contribution is 0.777. The predicted molar refractivity (Wildman–Crippen MR) is 56.6 cm³/mol. The standard InChI is InChI=1S/C8H6BrClN4/c1-5-11-12-13-14(5)7-4-2-3-6(10)8(7)9/h2-4H,1H3. The molecule has 14 heavy (non-hydrogen) atoms. The fourth-order valence-electron chi connectivity index (χ4n) is 1.11. The summed E-state index contributed by atoms with van der Waals surface area (Å²) in [6, 6.07) is 5.54. The molecule has 0 amide bonds. The van der Waals surface area contributed by atoms with Crippen LogP contribution in [0.1, 0.15) is 5.82 Å². The van der Waals surface area contributed by atoms with Gasteiger partial charge < -0.3 is 0 Å². The summed E-state index contributed by atoms with van der Waals surface area (Å²) in [6.45, 7) is 1.83. The second-order valence-electron chi connectivity index (χ2n) is 2.71. The van der Waals surface area contributed by atoms with Crippen molar-refractivity contribution in [3.63, 3.8) is 0 Å². The molecular formula is C8H6BrClN4. The van der Waals surface area contributed by atoms with Gasteiger partial charge in [-0.25, -0.2) is 0 Å². The lowest BCUT2D eigenvalue weighted by Crippen LogP contribution is -2.00. The van der Waals surface area contributed by atoms with Crippen molar-refractivity contribution in [2.24, 2.45) is 0 Å². The first kappa shape index (κ1) is 9.61. The van der Waals surface area contributed by atoms with Gasteiger partial charge in [0.2, 0.25) is 0 Å². The van der Waals surface area contributed by atoms with Gasteiger partial charge in [-0.1, -0.05) is 17.7 Å². The van der Waals surface area contributed by atoms with Crippen LogP contribution in [-0.4, -0.2) is 20.2 Å². The van der Waals surface area contributed by atoms with E-state index in [0.29, 0.717) is 10.8 Å². The summed E-state index contributed by atoms with van der Waals surface area (Å²) in [5.74, 6) is 0.716. The molecule has 72 valence electrons. The van der Waals surface area contributed by atoms with E-state index in [-0.39, 0.29) is 0 Å². The van der Waals surface area contributed by atoms with Crippen molar-refractivity contribution in [3.8, 4) is 5.69 Å². The highest BCUT2D eigenvalue weighted by atomic mass is 79.9. The summed E-state index contributed by atoms with van der Waals surface area (Å²) in [6.07, 6.45) is 0. The Hall–Kier alpha value is -0.940. The van der Waals surface area contributed by atoms with Crippen molar-refractivity contribution in [1.29, 1.82) is 0 Å². The SMILES string of the molecule is Cc1nnnn1-c1cccc(Cl)c1Br. The number of tetrazole rings is 1. The number of nitrogens with zero attached hydrogens (tertiary/aromatic N) is 4. The van der Waals surface area contributed by atoms with Gasteiger partial charge in [0.15, 0.2) is 5.82 Å². The molecule has 0 atom stereocenters. The molecule has 0 fully saturated rings. The van der Waals surface area contributed by atoms with Crippen LogP contribution >= 0.6 is 27.5 Å². The number of hydrogen-bond donors (Lipinski definition) is 0. The fraction of sp³-hybridized carbons (Fsp3) is 0.125. The van der Waals surface area contributed by atoms with E-state index in [1.165, 1.54) is 0 Å². The molecule has 1 aromatic heterocycles. The van der Waals surface area contributed by atoms with Gasteiger partial charge >= 0.3 is 0 Å². The third kappa shape index (κ3) is 1.53. The fourth-order valence-corrected chi connectivity index (χ4v) is 1.71. The molecule has 2 rings (SSSR count). The second-order valence-corrected chi connectivity index (χ2v) is 3.91. The van der Waals surface area contributed by atoms with Gasteiger partial charge in [0.25, 0.3) is 0 Å². The molecular weight excluding hydrogens is 267 g/mol. The van der Waals surface area contributed by atoms with Crippen molar-refractivity contribution in [1.82, 2.24) is 20.2 Å². The second kappa shape index (κ2) is 3.67. The molecule has 0 spiro atoms. The van der Waals surface area contributed by atoms with Gasteiger partial charge in [-0.05, 0) is 45.4 Å². The monoisotopic (exact) mass is 272 g/mol. The smallest absolute Gasteiger partial charge is 0.153 e. The van der Waals surface area contributed by atoms with Crippen molar-refractivity contribution < 1.29 is 0 Å². The summed E-state index contributed by atoms with van der Waals surface area (Å²) in [7, 11) is 0. The van der Waals surface area contributed by atoms with Gasteiger partial charge in [0.1, 0.15) is 0 Å². The zero-order valence-electron chi connectivity index (χ0n) is 7.28. The van der Waals surface area contributed by atoms with E-state index < -0.39 is 0 Å². The summed E-state index contributed by atoms with van der Waals surface area (Å²) in [5.41, 5.74) is 0.833. The summed E-state index contributed by atoms with van der Waals surface area (Å²) >= 11 is 9.34. The number of benzene rings is 1. The minimum atomic E-state index is 0.636. The lowest BCUT2D eigenvalue weighted by Gasteiger charge is -2.05. The number of rotatable bonds is 1. The average molecular weight is 274 g/mol. The molecule has 4 nitrogen and oxygen atoms in total. The third-order valence-corrected chi connectivity index (χ3v) is 3.16. The minimum Gasteiger partial charge on any atom is -0.196 e. The number of halogens is 2. The average Bonchev–Trinajstić information content (AvgIpc) is 2.57. The van der Waals surface area contributed by atoms with Gasteiger partial charge in [0.05, 0.1) is 15.2 Å². The van der Waals surface area contributed by atoms with E-state index in [9.17, 15) is 0 Å². The van der Waals surface area contributed by atoms with E-state index in [4.69, 9.17) is 11.6 Å². The Morgan fingerprint density at radius 2 is 2.21 bits per heavy atom. The molecule has 0 saturated carbocycles. The van der Waals surface area contributed by atoms with E-state index in [1.54, 1.807) is 10.7 Å². The quantitative estimate of drug-likeness (QED) is 0.801. The van der Waals surface area contributed by atoms with E-state index >= 15 is 0 Å². The van der Waals surface area contributed by atoms with Gasteiger partial charge in [0, 0.05) is 0 Å². The molecule has 0 N–H and O–H groups in total. The van der Waals surface area contributed by atoms with Crippen molar-refractivity contribution in [2.75, 3.05) is 0 Å². The molecule has 6 heteroatoms. The van der Waals surface area contributed by atoms with E-state index in [0.717, 1.165) is 10.2 Å². The van der Waals surface area contributed by atoms with Crippen LogP contribution in [0.15, 0.2) is 22.7 Å². The van der Waals surface area contributed by atoms with Crippen LogP contribution < -0.4 is 0 Å². The Morgan fingerprint density at radius 1 is 1.43 bits per heavy atom. The van der Waals surface area contributed by atoms with Gasteiger partial charge in [-0.2, -0.15) is 4.68 Å². The molecule has 0 aliphatic carbocycles. The lowest BCUT2D eigenvalue weighted by atomic mass is 10.3. The van der Waals surface area contributed by atoms with Gasteiger partial charge in [-0.15, -0.1) is 5.10 Å². The van der Waals surface area contributed by atoms with Crippen LogP contribution in [0.5, 0.6) is 0 Å². The van der Waals surface area contributed by atoms with E-state index in [2.05, 4.69) is 31.5 Å². The molecule has 1 aromatic carbocycles. The first-order valence-electron chi connectivity index (χ1n) is 3.89. The van der Waals surface area contributed by atoms with Crippen LogP contribution in [0, 0.1) is 6.92 Å². The van der Waals surface area contributed by atoms with Gasteiger partial charge in [-0.3, -0.25) is 0 Å². The summed E-state index contributed by atoms with van der Waals surface area (Å²) < 4.78 is 2.41. The van der Waals surface area contributed by atoms with Crippen molar-refractivity contribution in [3.05, 3.63) is 33.5 Å². The highest BCUT2D eigenvalue weighted by Crippen LogP contribution is 2.28. The molecule has 2 aromatic rings. The molecule has 1 heterocycles.